The van der Waals surface area contributed by atoms with E-state index in [-0.39, 0.29) is 6.10 Å². The molecular weight excluding hydrogens is 136 g/mol. The van der Waals surface area contributed by atoms with Crippen molar-refractivity contribution in [1.82, 2.24) is 0 Å². The van der Waals surface area contributed by atoms with Crippen LogP contribution in [0, 0.1) is 11.8 Å². The first kappa shape index (κ1) is 11.0. The highest BCUT2D eigenvalue weighted by Crippen LogP contribution is 2.15. The molecule has 0 amide bonds. The topological polar surface area (TPSA) is 20.2 Å². The number of hydrogen-bond acceptors (Lipinski definition) is 1. The molecule has 1 N–H and O–H groups in total. The molecular formula is C10H22O. The minimum absolute atomic E-state index is 0.0788. The van der Waals surface area contributed by atoms with Crippen molar-refractivity contribution < 1.29 is 5.11 Å². The van der Waals surface area contributed by atoms with Crippen molar-refractivity contribution in [3.63, 3.8) is 0 Å². The summed E-state index contributed by atoms with van der Waals surface area (Å²) < 4.78 is 0. The van der Waals surface area contributed by atoms with Gasteiger partial charge in [-0.25, -0.2) is 0 Å². The number of hydrogen-bond donors (Lipinski definition) is 1. The van der Waals surface area contributed by atoms with Crippen LogP contribution >= 0.6 is 0 Å². The second-order valence-electron chi connectivity index (χ2n) is 4.03. The Kier molecular flexibility index (Phi) is 5.57. The van der Waals surface area contributed by atoms with Crippen molar-refractivity contribution in [3.05, 3.63) is 0 Å². The molecule has 0 rings (SSSR count). The summed E-state index contributed by atoms with van der Waals surface area (Å²) in [6.45, 7) is 8.68. The largest absolute Gasteiger partial charge is 0.393 e. The van der Waals surface area contributed by atoms with Gasteiger partial charge in [-0.2, -0.15) is 0 Å². The number of rotatable bonds is 5. The Morgan fingerprint density at radius 1 is 1.09 bits per heavy atom. The summed E-state index contributed by atoms with van der Waals surface area (Å²) >= 11 is 0. The van der Waals surface area contributed by atoms with Crippen molar-refractivity contribution in [2.75, 3.05) is 0 Å². The molecule has 0 aliphatic heterocycles. The average Bonchev–Trinajstić information content (AvgIpc) is 1.85. The minimum atomic E-state index is -0.0788. The summed E-state index contributed by atoms with van der Waals surface area (Å²) in [5.41, 5.74) is 0. The second-order valence-corrected chi connectivity index (χ2v) is 4.03. The molecule has 0 aliphatic carbocycles. The van der Waals surface area contributed by atoms with Crippen LogP contribution in [0.25, 0.3) is 0 Å². The maximum Gasteiger partial charge on any atom is 0.0545 e. The number of aliphatic hydroxyl groups excluding tert-OH is 1. The van der Waals surface area contributed by atoms with Crippen molar-refractivity contribution in [3.8, 4) is 0 Å². The Balaban J connectivity index is 3.43. The summed E-state index contributed by atoms with van der Waals surface area (Å²) in [4.78, 5) is 0. The Labute approximate surface area is 70.8 Å². The van der Waals surface area contributed by atoms with Gasteiger partial charge in [-0.3, -0.25) is 0 Å². The van der Waals surface area contributed by atoms with Gasteiger partial charge in [0.15, 0.2) is 0 Å². The van der Waals surface area contributed by atoms with Gasteiger partial charge in [-0.15, -0.1) is 0 Å². The normalized spacial score (nSPS) is 16.9. The van der Waals surface area contributed by atoms with Gasteiger partial charge in [0.05, 0.1) is 6.10 Å². The minimum Gasteiger partial charge on any atom is -0.393 e. The second kappa shape index (κ2) is 5.59. The summed E-state index contributed by atoms with van der Waals surface area (Å²) in [7, 11) is 0. The molecule has 0 heterocycles. The molecule has 0 fully saturated rings. The maximum atomic E-state index is 9.52. The molecule has 0 unspecified atom stereocenters. The lowest BCUT2D eigenvalue weighted by molar-refractivity contribution is 0.121. The summed E-state index contributed by atoms with van der Waals surface area (Å²) in [5.74, 6) is 1.29. The quantitative estimate of drug-likeness (QED) is 0.652. The van der Waals surface area contributed by atoms with E-state index in [0.29, 0.717) is 11.8 Å². The smallest absolute Gasteiger partial charge is 0.0545 e. The molecule has 0 saturated heterocycles. The van der Waals surface area contributed by atoms with Crippen LogP contribution in [0.1, 0.15) is 47.0 Å². The molecule has 11 heavy (non-hydrogen) atoms. The molecule has 0 bridgehead atoms. The van der Waals surface area contributed by atoms with E-state index in [9.17, 15) is 5.11 Å². The molecule has 2 atom stereocenters. The predicted octanol–water partition coefficient (Wildman–Crippen LogP) is 2.83. The highest BCUT2D eigenvalue weighted by molar-refractivity contribution is 4.62. The van der Waals surface area contributed by atoms with Gasteiger partial charge in [-0.1, -0.05) is 34.1 Å². The molecule has 0 radical (unpaired) electrons. The molecule has 0 spiro atoms. The van der Waals surface area contributed by atoms with E-state index in [1.54, 1.807) is 0 Å². The predicted molar refractivity (Wildman–Crippen MR) is 49.5 cm³/mol. The van der Waals surface area contributed by atoms with E-state index >= 15 is 0 Å². The highest BCUT2D eigenvalue weighted by Gasteiger charge is 2.09. The Hall–Kier alpha value is -0.0400. The Morgan fingerprint density at radius 3 is 2.00 bits per heavy atom. The first-order valence-electron chi connectivity index (χ1n) is 4.74. The van der Waals surface area contributed by atoms with Crippen LogP contribution in [0.4, 0.5) is 0 Å². The van der Waals surface area contributed by atoms with Crippen molar-refractivity contribution in [2.45, 2.75) is 53.1 Å². The Bertz CT molecular complexity index is 88.9. The van der Waals surface area contributed by atoms with Crippen LogP contribution in [-0.4, -0.2) is 11.2 Å². The summed E-state index contributed by atoms with van der Waals surface area (Å²) in [5, 5.41) is 9.52. The lowest BCUT2D eigenvalue weighted by atomic mass is 9.95. The fourth-order valence-electron chi connectivity index (χ4n) is 1.27. The van der Waals surface area contributed by atoms with E-state index in [0.717, 1.165) is 12.8 Å². The van der Waals surface area contributed by atoms with E-state index in [2.05, 4.69) is 27.7 Å². The molecule has 0 saturated carbocycles. The van der Waals surface area contributed by atoms with Crippen LogP contribution in [-0.2, 0) is 0 Å². The molecule has 0 aromatic heterocycles. The fourth-order valence-corrected chi connectivity index (χ4v) is 1.27. The molecule has 0 aromatic carbocycles. The Morgan fingerprint density at radius 2 is 1.64 bits per heavy atom. The first-order valence-corrected chi connectivity index (χ1v) is 4.74. The van der Waals surface area contributed by atoms with Crippen LogP contribution in [0.5, 0.6) is 0 Å². The third kappa shape index (κ3) is 6.36. The summed E-state index contributed by atoms with van der Waals surface area (Å²) in [6, 6.07) is 0. The van der Waals surface area contributed by atoms with Crippen molar-refractivity contribution >= 4 is 0 Å². The molecule has 0 aliphatic rings. The van der Waals surface area contributed by atoms with Gasteiger partial charge >= 0.3 is 0 Å². The average molecular weight is 158 g/mol. The van der Waals surface area contributed by atoms with Crippen LogP contribution < -0.4 is 0 Å². The third-order valence-corrected chi connectivity index (χ3v) is 2.11. The number of aliphatic hydroxyl groups is 1. The van der Waals surface area contributed by atoms with Crippen molar-refractivity contribution in [1.29, 1.82) is 0 Å². The zero-order chi connectivity index (χ0) is 8.85. The van der Waals surface area contributed by atoms with Gasteiger partial charge < -0.3 is 5.11 Å². The standard InChI is InChI=1S/C10H22O/c1-5-9(4)7-10(11)6-8(2)3/h8-11H,5-7H2,1-4H3/t9-,10-/m1/s1. The van der Waals surface area contributed by atoms with Gasteiger partial charge in [0.2, 0.25) is 0 Å². The molecule has 1 nitrogen and oxygen atoms in total. The van der Waals surface area contributed by atoms with Crippen LogP contribution in [0.3, 0.4) is 0 Å². The molecule has 0 aromatic rings. The van der Waals surface area contributed by atoms with Gasteiger partial charge in [0.1, 0.15) is 0 Å². The maximum absolute atomic E-state index is 9.52. The van der Waals surface area contributed by atoms with Crippen LogP contribution in [0.15, 0.2) is 0 Å². The molecule has 68 valence electrons. The van der Waals surface area contributed by atoms with E-state index in [4.69, 9.17) is 0 Å². The van der Waals surface area contributed by atoms with Gasteiger partial charge in [-0.05, 0) is 24.7 Å². The van der Waals surface area contributed by atoms with E-state index < -0.39 is 0 Å². The van der Waals surface area contributed by atoms with E-state index in [1.165, 1.54) is 6.42 Å². The van der Waals surface area contributed by atoms with Crippen LogP contribution in [0.2, 0.25) is 0 Å². The monoisotopic (exact) mass is 158 g/mol. The fraction of sp³-hybridized carbons (Fsp3) is 1.00. The highest BCUT2D eigenvalue weighted by atomic mass is 16.3. The lowest BCUT2D eigenvalue weighted by Gasteiger charge is -2.16. The SMILES string of the molecule is CC[C@@H](C)C[C@H](O)CC(C)C. The van der Waals surface area contributed by atoms with Gasteiger partial charge in [0, 0.05) is 0 Å². The van der Waals surface area contributed by atoms with Crippen molar-refractivity contribution in [2.24, 2.45) is 11.8 Å². The molecule has 1 heteroatoms. The first-order chi connectivity index (χ1) is 5.06. The lowest BCUT2D eigenvalue weighted by Crippen LogP contribution is -2.13. The van der Waals surface area contributed by atoms with E-state index in [1.807, 2.05) is 0 Å². The summed E-state index contributed by atoms with van der Waals surface area (Å²) in [6.07, 6.45) is 3.01. The zero-order valence-corrected chi connectivity index (χ0v) is 8.30. The van der Waals surface area contributed by atoms with Gasteiger partial charge in [0.25, 0.3) is 0 Å². The zero-order valence-electron chi connectivity index (χ0n) is 8.30. The third-order valence-electron chi connectivity index (χ3n) is 2.11.